The summed E-state index contributed by atoms with van der Waals surface area (Å²) in [6.07, 6.45) is 0. The standard InChI is InChI=1S/C11H13ClN4O2S/c1-13-19(17,18)7-6-14-10-8-4-2-3-5-9(8)15-11(12)16-10/h2-5,13H,6-7H2,1H3,(H,14,15,16). The Hall–Kier alpha value is -1.44. The molecule has 102 valence electrons. The number of hydrogen-bond acceptors (Lipinski definition) is 5. The molecule has 8 heteroatoms. The molecule has 0 amide bonds. The molecule has 19 heavy (non-hydrogen) atoms. The third kappa shape index (κ3) is 3.52. The summed E-state index contributed by atoms with van der Waals surface area (Å²) < 4.78 is 24.9. The zero-order chi connectivity index (χ0) is 13.9. The second-order valence-corrected chi connectivity index (χ2v) is 6.19. The van der Waals surface area contributed by atoms with Crippen LogP contribution in [0.25, 0.3) is 10.9 Å². The highest BCUT2D eigenvalue weighted by Crippen LogP contribution is 2.21. The Morgan fingerprint density at radius 3 is 2.74 bits per heavy atom. The third-order valence-corrected chi connectivity index (χ3v) is 4.08. The molecular weight excluding hydrogens is 288 g/mol. The van der Waals surface area contributed by atoms with Crippen LogP contribution in [0.2, 0.25) is 5.28 Å². The largest absolute Gasteiger partial charge is 0.368 e. The van der Waals surface area contributed by atoms with Crippen LogP contribution in [0.3, 0.4) is 0 Å². The summed E-state index contributed by atoms with van der Waals surface area (Å²) in [7, 11) is -1.86. The van der Waals surface area contributed by atoms with Gasteiger partial charge in [-0.3, -0.25) is 0 Å². The number of fused-ring (bicyclic) bond motifs is 1. The van der Waals surface area contributed by atoms with Crippen molar-refractivity contribution < 1.29 is 8.42 Å². The lowest BCUT2D eigenvalue weighted by atomic mass is 10.2. The van der Waals surface area contributed by atoms with Gasteiger partial charge >= 0.3 is 0 Å². The summed E-state index contributed by atoms with van der Waals surface area (Å²) in [5.74, 6) is 0.487. The lowest BCUT2D eigenvalue weighted by molar-refractivity contribution is 0.588. The number of aromatic nitrogens is 2. The van der Waals surface area contributed by atoms with Gasteiger partial charge in [-0.25, -0.2) is 23.1 Å². The minimum absolute atomic E-state index is 0.0422. The van der Waals surface area contributed by atoms with Gasteiger partial charge in [-0.15, -0.1) is 0 Å². The molecule has 0 unspecified atom stereocenters. The predicted octanol–water partition coefficient (Wildman–Crippen LogP) is 1.24. The molecule has 0 spiro atoms. The highest BCUT2D eigenvalue weighted by Gasteiger charge is 2.09. The zero-order valence-electron chi connectivity index (χ0n) is 10.2. The topological polar surface area (TPSA) is 84.0 Å². The van der Waals surface area contributed by atoms with Crippen LogP contribution in [-0.2, 0) is 10.0 Å². The highest BCUT2D eigenvalue weighted by atomic mass is 35.5. The number of halogens is 1. The van der Waals surface area contributed by atoms with Crippen LogP contribution in [0.5, 0.6) is 0 Å². The fourth-order valence-electron chi connectivity index (χ4n) is 1.59. The summed E-state index contributed by atoms with van der Waals surface area (Å²) in [6, 6.07) is 7.37. The summed E-state index contributed by atoms with van der Waals surface area (Å²) in [5.41, 5.74) is 0.710. The van der Waals surface area contributed by atoms with E-state index in [-0.39, 0.29) is 17.6 Å². The molecule has 0 atom stereocenters. The van der Waals surface area contributed by atoms with Gasteiger partial charge in [0.2, 0.25) is 15.3 Å². The minimum atomic E-state index is -3.24. The van der Waals surface area contributed by atoms with Crippen molar-refractivity contribution >= 4 is 38.3 Å². The molecule has 0 bridgehead atoms. The van der Waals surface area contributed by atoms with Gasteiger partial charge in [0.25, 0.3) is 0 Å². The fourth-order valence-corrected chi connectivity index (χ4v) is 2.34. The van der Waals surface area contributed by atoms with E-state index in [1.807, 2.05) is 24.3 Å². The van der Waals surface area contributed by atoms with E-state index < -0.39 is 10.0 Å². The van der Waals surface area contributed by atoms with Gasteiger partial charge in [-0.05, 0) is 30.8 Å². The van der Waals surface area contributed by atoms with E-state index in [1.165, 1.54) is 7.05 Å². The first-order valence-electron chi connectivity index (χ1n) is 5.59. The molecule has 0 saturated heterocycles. The molecule has 2 aromatic rings. The molecule has 0 aliphatic carbocycles. The fraction of sp³-hybridized carbons (Fsp3) is 0.273. The summed E-state index contributed by atoms with van der Waals surface area (Å²) in [6.45, 7) is 0.237. The number of rotatable bonds is 5. The van der Waals surface area contributed by atoms with Gasteiger partial charge in [0.1, 0.15) is 5.82 Å². The van der Waals surface area contributed by atoms with E-state index in [0.29, 0.717) is 11.3 Å². The second kappa shape index (κ2) is 5.68. The molecule has 0 radical (unpaired) electrons. The maximum absolute atomic E-state index is 11.3. The van der Waals surface area contributed by atoms with Crippen molar-refractivity contribution in [3.8, 4) is 0 Å². The number of benzene rings is 1. The van der Waals surface area contributed by atoms with E-state index >= 15 is 0 Å². The first kappa shape index (κ1) is 14.0. The molecular formula is C11H13ClN4O2S. The lowest BCUT2D eigenvalue weighted by Crippen LogP contribution is -2.26. The Labute approximate surface area is 116 Å². The molecule has 2 N–H and O–H groups in total. The van der Waals surface area contributed by atoms with E-state index in [2.05, 4.69) is 20.0 Å². The summed E-state index contributed by atoms with van der Waals surface area (Å²) in [4.78, 5) is 8.17. The zero-order valence-corrected chi connectivity index (χ0v) is 11.8. The Morgan fingerprint density at radius 2 is 2.00 bits per heavy atom. The molecule has 0 fully saturated rings. The smallest absolute Gasteiger partial charge is 0.224 e. The Bertz CT molecular complexity index is 690. The molecule has 1 heterocycles. The highest BCUT2D eigenvalue weighted by molar-refractivity contribution is 7.89. The van der Waals surface area contributed by atoms with Crippen LogP contribution in [0, 0.1) is 0 Å². The number of hydrogen-bond donors (Lipinski definition) is 2. The SMILES string of the molecule is CNS(=O)(=O)CCNc1nc(Cl)nc2ccccc12. The molecule has 1 aromatic carbocycles. The van der Waals surface area contributed by atoms with Crippen molar-refractivity contribution in [2.75, 3.05) is 24.7 Å². The average Bonchev–Trinajstić information content (AvgIpc) is 2.38. The molecule has 0 aliphatic rings. The first-order chi connectivity index (χ1) is 9.02. The van der Waals surface area contributed by atoms with E-state index in [1.54, 1.807) is 0 Å². The van der Waals surface area contributed by atoms with Gasteiger partial charge in [-0.2, -0.15) is 0 Å². The first-order valence-corrected chi connectivity index (χ1v) is 7.62. The molecule has 0 saturated carbocycles. The molecule has 2 rings (SSSR count). The minimum Gasteiger partial charge on any atom is -0.368 e. The van der Waals surface area contributed by atoms with Crippen LogP contribution in [-0.4, -0.2) is 37.7 Å². The number of sulfonamides is 1. The monoisotopic (exact) mass is 300 g/mol. The van der Waals surface area contributed by atoms with E-state index in [0.717, 1.165) is 5.39 Å². The number of anilines is 1. The molecule has 1 aromatic heterocycles. The van der Waals surface area contributed by atoms with Crippen LogP contribution in [0.4, 0.5) is 5.82 Å². The van der Waals surface area contributed by atoms with Crippen LogP contribution in [0.15, 0.2) is 24.3 Å². The van der Waals surface area contributed by atoms with Crippen molar-refractivity contribution in [3.05, 3.63) is 29.5 Å². The van der Waals surface area contributed by atoms with Gasteiger partial charge in [0.05, 0.1) is 11.3 Å². The third-order valence-electron chi connectivity index (χ3n) is 2.55. The van der Waals surface area contributed by atoms with Crippen molar-refractivity contribution in [1.82, 2.24) is 14.7 Å². The van der Waals surface area contributed by atoms with Gasteiger partial charge < -0.3 is 5.32 Å². The lowest BCUT2D eigenvalue weighted by Gasteiger charge is -2.09. The summed E-state index contributed by atoms with van der Waals surface area (Å²) in [5, 5.41) is 3.89. The number of nitrogens with one attached hydrogen (secondary N) is 2. The van der Waals surface area contributed by atoms with Crippen molar-refractivity contribution in [2.24, 2.45) is 0 Å². The number of para-hydroxylation sites is 1. The molecule has 6 nitrogen and oxygen atoms in total. The Kier molecular flexibility index (Phi) is 4.18. The van der Waals surface area contributed by atoms with Crippen LogP contribution in [0.1, 0.15) is 0 Å². The predicted molar refractivity (Wildman–Crippen MR) is 75.9 cm³/mol. The normalized spacial score (nSPS) is 11.7. The number of nitrogens with zero attached hydrogens (tertiary/aromatic N) is 2. The van der Waals surface area contributed by atoms with E-state index in [4.69, 9.17) is 11.6 Å². The van der Waals surface area contributed by atoms with Crippen molar-refractivity contribution in [1.29, 1.82) is 0 Å². The maximum Gasteiger partial charge on any atom is 0.224 e. The van der Waals surface area contributed by atoms with Gasteiger partial charge in [0, 0.05) is 11.9 Å². The summed E-state index contributed by atoms with van der Waals surface area (Å²) >= 11 is 5.83. The van der Waals surface area contributed by atoms with Gasteiger partial charge in [-0.1, -0.05) is 12.1 Å². The molecule has 0 aliphatic heterocycles. The van der Waals surface area contributed by atoms with Crippen molar-refractivity contribution in [2.45, 2.75) is 0 Å². The van der Waals surface area contributed by atoms with Crippen LogP contribution >= 0.6 is 11.6 Å². The van der Waals surface area contributed by atoms with Crippen molar-refractivity contribution in [3.63, 3.8) is 0 Å². The van der Waals surface area contributed by atoms with Crippen LogP contribution < -0.4 is 10.0 Å². The second-order valence-electron chi connectivity index (χ2n) is 3.81. The maximum atomic E-state index is 11.3. The Morgan fingerprint density at radius 1 is 1.26 bits per heavy atom. The Balaban J connectivity index is 2.21. The average molecular weight is 301 g/mol. The quantitative estimate of drug-likeness (QED) is 0.812. The van der Waals surface area contributed by atoms with E-state index in [9.17, 15) is 8.42 Å². The van der Waals surface area contributed by atoms with Gasteiger partial charge in [0.15, 0.2) is 0 Å².